The van der Waals surface area contributed by atoms with Gasteiger partial charge >= 0.3 is 5.97 Å². The first kappa shape index (κ1) is 38.7. The fourth-order valence-electron chi connectivity index (χ4n) is 4.05. The van der Waals surface area contributed by atoms with Crippen molar-refractivity contribution in [3.05, 3.63) is 81.6 Å². The number of nitriles is 1. The lowest BCUT2D eigenvalue weighted by atomic mass is 10.00. The topological polar surface area (TPSA) is 213 Å². The van der Waals surface area contributed by atoms with E-state index in [1.54, 1.807) is 36.4 Å². The molecule has 4 aromatic rings. The number of aliphatic hydroxyl groups excluding tert-OH is 2. The number of hydrogen-bond donors (Lipinski definition) is 4. The van der Waals surface area contributed by atoms with Crippen LogP contribution >= 0.6 is 34.7 Å². The van der Waals surface area contributed by atoms with Gasteiger partial charge in [0.15, 0.2) is 0 Å². The second-order valence-corrected chi connectivity index (χ2v) is 12.1. The van der Waals surface area contributed by atoms with Crippen LogP contribution in [0.5, 0.6) is 5.75 Å². The SMILES string of the molecule is OCC[NH2+]CCO.[C-]#[N+]c1c(N)nc(SCc2csc(-c3ccc(Cl)cc3)n2)c(C#N)c1-c1ccc(OCCOC(=O)CCC(=O)[O-])cc1. The van der Waals surface area contributed by atoms with Crippen LogP contribution in [-0.4, -0.2) is 71.6 Å². The Balaban J connectivity index is 0.000000838. The van der Waals surface area contributed by atoms with Gasteiger partial charge in [-0.2, -0.15) is 5.26 Å². The number of nitrogen functional groups attached to an aromatic ring is 1. The molecule has 0 bridgehead atoms. The third kappa shape index (κ3) is 12.3. The number of anilines is 1. The van der Waals surface area contributed by atoms with Gasteiger partial charge in [-0.25, -0.2) is 14.8 Å². The van der Waals surface area contributed by atoms with E-state index in [4.69, 9.17) is 43.6 Å². The van der Waals surface area contributed by atoms with Crippen molar-refractivity contribution in [1.82, 2.24) is 9.97 Å². The zero-order valence-corrected chi connectivity index (χ0v) is 28.5. The predicted molar refractivity (Wildman–Crippen MR) is 184 cm³/mol. The van der Waals surface area contributed by atoms with Gasteiger partial charge in [0, 0.05) is 33.3 Å². The maximum Gasteiger partial charge on any atom is 0.306 e. The zero-order valence-electron chi connectivity index (χ0n) is 26.1. The number of hydrogen-bond acceptors (Lipinski definition) is 13. The molecule has 0 aliphatic heterocycles. The second-order valence-electron chi connectivity index (χ2n) is 9.84. The minimum Gasteiger partial charge on any atom is -0.550 e. The summed E-state index contributed by atoms with van der Waals surface area (Å²) >= 11 is 8.79. The molecule has 0 atom stereocenters. The van der Waals surface area contributed by atoms with Gasteiger partial charge in [-0.1, -0.05) is 47.6 Å². The number of carboxylic acids is 1. The van der Waals surface area contributed by atoms with Gasteiger partial charge in [-0.05, 0) is 36.2 Å². The van der Waals surface area contributed by atoms with E-state index in [1.165, 1.54) is 23.1 Å². The Hall–Kier alpha value is -4.74. The number of aliphatic carboxylic acids is 1. The third-order valence-electron chi connectivity index (χ3n) is 6.35. The first-order valence-corrected chi connectivity index (χ1v) is 17.0. The molecule has 2 aromatic carbocycles. The molecule has 256 valence electrons. The largest absolute Gasteiger partial charge is 0.550 e. The van der Waals surface area contributed by atoms with Gasteiger partial charge in [0.2, 0.25) is 5.69 Å². The summed E-state index contributed by atoms with van der Waals surface area (Å²) in [5.41, 5.74) is 9.16. The van der Waals surface area contributed by atoms with E-state index in [0.29, 0.717) is 45.8 Å². The Kier molecular flexibility index (Phi) is 16.3. The smallest absolute Gasteiger partial charge is 0.306 e. The standard InChI is InChI=1S/C29H22ClN5O5S2.C4H11NO2/c1-33-26-25(17-4-8-21(9-5-17)39-12-13-40-24(38)11-10-23(36)37)22(14-31)29(35-27(26)32)42-16-20-15-41-28(34-20)18-2-6-19(30)7-3-18;6-3-1-5-2-4-7/h2-9,15H,10-13,16H2,(H2,32,35)(H,36,37);5-7H,1-4H2. The summed E-state index contributed by atoms with van der Waals surface area (Å²) < 4.78 is 10.5. The van der Waals surface area contributed by atoms with E-state index in [-0.39, 0.29) is 49.9 Å². The number of rotatable bonds is 16. The van der Waals surface area contributed by atoms with Crippen molar-refractivity contribution in [3.8, 4) is 33.5 Å². The number of carboxylic acid groups (broad SMARTS) is 1. The van der Waals surface area contributed by atoms with Crippen molar-refractivity contribution in [3.63, 3.8) is 0 Å². The Morgan fingerprint density at radius 3 is 2.35 bits per heavy atom. The molecule has 0 unspecified atom stereocenters. The van der Waals surface area contributed by atoms with Crippen molar-refractivity contribution in [2.24, 2.45) is 0 Å². The van der Waals surface area contributed by atoms with Crippen LogP contribution < -0.4 is 20.9 Å². The molecular formula is C33H33ClN6O7S2. The number of nitrogens with zero attached hydrogens (tertiary/aromatic N) is 4. The molecular weight excluding hydrogens is 692 g/mol. The van der Waals surface area contributed by atoms with Crippen molar-refractivity contribution >= 4 is 58.1 Å². The Labute approximate surface area is 296 Å². The molecule has 49 heavy (non-hydrogen) atoms. The zero-order chi connectivity index (χ0) is 35.6. The van der Waals surface area contributed by atoms with Gasteiger partial charge in [-0.15, -0.1) is 11.3 Å². The average Bonchev–Trinajstić information content (AvgIpc) is 3.58. The molecule has 0 spiro atoms. The number of ether oxygens (including phenoxy) is 2. The lowest BCUT2D eigenvalue weighted by molar-refractivity contribution is -0.657. The van der Waals surface area contributed by atoms with Crippen LogP contribution in [0.2, 0.25) is 5.02 Å². The molecule has 0 saturated heterocycles. The second kappa shape index (κ2) is 20.6. The number of quaternary nitrogens is 1. The Bertz CT molecular complexity index is 1770. The van der Waals surface area contributed by atoms with Gasteiger partial charge in [0.25, 0.3) is 0 Å². The summed E-state index contributed by atoms with van der Waals surface area (Å²) in [5.74, 6) is -1.07. The third-order valence-corrected chi connectivity index (χ3v) is 8.55. The van der Waals surface area contributed by atoms with Crippen LogP contribution in [0.4, 0.5) is 11.5 Å². The fourth-order valence-corrected chi connectivity index (χ4v) is 6.00. The highest BCUT2D eigenvalue weighted by Crippen LogP contribution is 2.42. The van der Waals surface area contributed by atoms with Crippen molar-refractivity contribution in [2.45, 2.75) is 23.6 Å². The van der Waals surface area contributed by atoms with Crippen LogP contribution in [0.25, 0.3) is 26.5 Å². The predicted octanol–water partition coefficient (Wildman–Crippen LogP) is 2.81. The van der Waals surface area contributed by atoms with Crippen molar-refractivity contribution in [1.29, 1.82) is 5.26 Å². The van der Waals surface area contributed by atoms with Crippen molar-refractivity contribution in [2.75, 3.05) is 45.3 Å². The summed E-state index contributed by atoms with van der Waals surface area (Å²) in [6.45, 7) is 9.43. The summed E-state index contributed by atoms with van der Waals surface area (Å²) in [6, 6.07) is 16.3. The van der Waals surface area contributed by atoms with E-state index in [2.05, 4.69) is 20.9 Å². The highest BCUT2D eigenvalue weighted by molar-refractivity contribution is 7.98. The van der Waals surface area contributed by atoms with Crippen molar-refractivity contribution < 1.29 is 39.7 Å². The number of esters is 1. The maximum atomic E-state index is 11.5. The minimum atomic E-state index is -1.32. The van der Waals surface area contributed by atoms with E-state index in [1.807, 2.05) is 22.8 Å². The molecule has 0 fully saturated rings. The van der Waals surface area contributed by atoms with Crippen LogP contribution in [0.3, 0.4) is 0 Å². The molecule has 2 aromatic heterocycles. The monoisotopic (exact) mass is 724 g/mol. The summed E-state index contributed by atoms with van der Waals surface area (Å²) in [5, 5.41) is 42.5. The highest BCUT2D eigenvalue weighted by atomic mass is 35.5. The number of nitrogens with two attached hydrogens (primary N) is 2. The molecule has 0 aliphatic rings. The Morgan fingerprint density at radius 1 is 1.06 bits per heavy atom. The van der Waals surface area contributed by atoms with E-state index < -0.39 is 18.4 Å². The molecule has 16 heteroatoms. The summed E-state index contributed by atoms with van der Waals surface area (Å²) in [6.07, 6.45) is -0.681. The molecule has 0 saturated carbocycles. The highest BCUT2D eigenvalue weighted by Gasteiger charge is 2.21. The number of pyridine rings is 1. The number of carbonyl (C=O) groups is 2. The van der Waals surface area contributed by atoms with Crippen LogP contribution in [-0.2, 0) is 20.1 Å². The number of thioether (sulfide) groups is 1. The quantitative estimate of drug-likeness (QED) is 0.0569. The van der Waals surface area contributed by atoms with E-state index in [0.717, 1.165) is 16.3 Å². The fraction of sp³-hybridized carbons (Fsp3) is 0.273. The molecule has 6 N–H and O–H groups in total. The first-order valence-electron chi connectivity index (χ1n) is 14.8. The molecule has 0 radical (unpaired) electrons. The number of thiazole rings is 1. The average molecular weight is 725 g/mol. The number of aliphatic hydroxyl groups is 2. The minimum absolute atomic E-state index is 0.0162. The molecule has 2 heterocycles. The number of aromatic nitrogens is 2. The molecule has 0 aliphatic carbocycles. The number of benzene rings is 2. The van der Waals surface area contributed by atoms with Crippen LogP contribution in [0.15, 0.2) is 58.9 Å². The maximum absolute atomic E-state index is 11.5. The molecule has 4 rings (SSSR count). The molecule has 13 nitrogen and oxygen atoms in total. The normalized spacial score (nSPS) is 10.3. The van der Waals surface area contributed by atoms with Gasteiger partial charge in [-0.3, -0.25) is 4.79 Å². The Morgan fingerprint density at radius 2 is 1.73 bits per heavy atom. The van der Waals surface area contributed by atoms with Crippen LogP contribution in [0, 0.1) is 17.9 Å². The van der Waals surface area contributed by atoms with E-state index in [9.17, 15) is 20.0 Å². The number of halogens is 1. The van der Waals surface area contributed by atoms with Gasteiger partial charge in [0.1, 0.15) is 40.9 Å². The van der Waals surface area contributed by atoms with Gasteiger partial charge in [0.05, 0.1) is 50.6 Å². The number of carbonyl (C=O) groups excluding carboxylic acids is 2. The van der Waals surface area contributed by atoms with Crippen LogP contribution in [0.1, 0.15) is 24.1 Å². The van der Waals surface area contributed by atoms with E-state index >= 15 is 0 Å². The lowest BCUT2D eigenvalue weighted by Crippen LogP contribution is -2.85. The summed E-state index contributed by atoms with van der Waals surface area (Å²) in [7, 11) is 0. The van der Waals surface area contributed by atoms with Gasteiger partial charge < -0.3 is 40.6 Å². The summed E-state index contributed by atoms with van der Waals surface area (Å²) in [4.78, 5) is 34.5. The molecule has 0 amide bonds. The first-order chi connectivity index (χ1) is 23.7. The lowest BCUT2D eigenvalue weighted by Gasteiger charge is -2.14.